The quantitative estimate of drug-likeness (QED) is 0.737. The summed E-state index contributed by atoms with van der Waals surface area (Å²) < 4.78 is 0. The summed E-state index contributed by atoms with van der Waals surface area (Å²) in [6.07, 6.45) is 3.94. The van der Waals surface area contributed by atoms with Crippen LogP contribution < -0.4 is 5.73 Å². The van der Waals surface area contributed by atoms with E-state index in [-0.39, 0.29) is 6.04 Å². The molecule has 2 aromatic carbocycles. The minimum Gasteiger partial charge on any atom is -0.320 e. The topological polar surface area (TPSA) is 38.9 Å². The second-order valence-electron chi connectivity index (χ2n) is 4.71. The van der Waals surface area contributed by atoms with E-state index in [9.17, 15) is 0 Å². The van der Waals surface area contributed by atoms with Gasteiger partial charge in [0.05, 0.1) is 11.6 Å². The molecule has 0 spiro atoms. The zero-order valence-electron chi connectivity index (χ0n) is 11.3. The molecule has 3 heteroatoms. The summed E-state index contributed by atoms with van der Waals surface area (Å²) in [5.41, 5.74) is 9.51. The lowest BCUT2D eigenvalue weighted by atomic mass is 10.00. The van der Waals surface area contributed by atoms with Crippen LogP contribution in [0.15, 0.2) is 65.7 Å². The summed E-state index contributed by atoms with van der Waals surface area (Å²) in [4.78, 5) is 5.73. The van der Waals surface area contributed by atoms with E-state index in [1.165, 1.54) is 4.90 Å². The van der Waals surface area contributed by atoms with Crippen molar-refractivity contribution < 1.29 is 0 Å². The Balaban J connectivity index is 1.96. The molecule has 0 aliphatic heterocycles. The molecule has 1 unspecified atom stereocenters. The molecule has 0 amide bonds. The number of nitrogens with two attached hydrogens (primary N) is 1. The third-order valence-corrected chi connectivity index (χ3v) is 4.19. The molecule has 0 saturated heterocycles. The van der Waals surface area contributed by atoms with Crippen molar-refractivity contribution in [2.75, 3.05) is 6.26 Å². The summed E-state index contributed by atoms with van der Waals surface area (Å²) in [7, 11) is 0. The van der Waals surface area contributed by atoms with Crippen LogP contribution in [-0.2, 0) is 0 Å². The smallest absolute Gasteiger partial charge is 0.0702 e. The number of para-hydroxylation sites is 1. The summed E-state index contributed by atoms with van der Waals surface area (Å²) in [6.45, 7) is 0. The molecule has 0 bridgehead atoms. The molecule has 0 aliphatic carbocycles. The molecule has 0 saturated carbocycles. The average molecular weight is 280 g/mol. The van der Waals surface area contributed by atoms with Gasteiger partial charge in [0.1, 0.15) is 0 Å². The van der Waals surface area contributed by atoms with E-state index in [4.69, 9.17) is 5.73 Å². The fourth-order valence-corrected chi connectivity index (χ4v) is 2.67. The summed E-state index contributed by atoms with van der Waals surface area (Å²) in [5, 5.41) is 1.13. The van der Waals surface area contributed by atoms with Crippen LogP contribution in [0.5, 0.6) is 0 Å². The number of hydrogen-bond donors (Lipinski definition) is 1. The van der Waals surface area contributed by atoms with Gasteiger partial charge in [-0.15, -0.1) is 11.8 Å². The fourth-order valence-electron chi connectivity index (χ4n) is 2.26. The van der Waals surface area contributed by atoms with Crippen molar-refractivity contribution in [1.29, 1.82) is 0 Å². The van der Waals surface area contributed by atoms with Crippen LogP contribution in [0.4, 0.5) is 0 Å². The number of benzene rings is 2. The van der Waals surface area contributed by atoms with Crippen LogP contribution in [0.1, 0.15) is 17.2 Å². The van der Waals surface area contributed by atoms with Crippen molar-refractivity contribution in [3.63, 3.8) is 0 Å². The van der Waals surface area contributed by atoms with Gasteiger partial charge in [-0.25, -0.2) is 0 Å². The highest BCUT2D eigenvalue weighted by molar-refractivity contribution is 7.98. The van der Waals surface area contributed by atoms with Crippen LogP contribution in [0.2, 0.25) is 0 Å². The second-order valence-corrected chi connectivity index (χ2v) is 5.59. The number of nitrogens with zero attached hydrogens (tertiary/aromatic N) is 1. The maximum atomic E-state index is 6.35. The molecule has 1 atom stereocenters. The third kappa shape index (κ3) is 2.55. The van der Waals surface area contributed by atoms with Crippen molar-refractivity contribution in [3.8, 4) is 0 Å². The Morgan fingerprint density at radius 2 is 1.75 bits per heavy atom. The van der Waals surface area contributed by atoms with E-state index < -0.39 is 0 Å². The van der Waals surface area contributed by atoms with Crippen molar-refractivity contribution in [2.24, 2.45) is 5.73 Å². The van der Waals surface area contributed by atoms with Crippen LogP contribution >= 0.6 is 11.8 Å². The fraction of sp³-hybridized carbons (Fsp3) is 0.118. The highest BCUT2D eigenvalue weighted by Gasteiger charge is 2.10. The molecule has 1 heterocycles. The van der Waals surface area contributed by atoms with Gasteiger partial charge in [0, 0.05) is 16.5 Å². The van der Waals surface area contributed by atoms with Gasteiger partial charge < -0.3 is 5.73 Å². The van der Waals surface area contributed by atoms with E-state index in [2.05, 4.69) is 47.6 Å². The summed E-state index contributed by atoms with van der Waals surface area (Å²) >= 11 is 1.73. The zero-order valence-corrected chi connectivity index (χ0v) is 12.1. The van der Waals surface area contributed by atoms with Crippen LogP contribution in [0.25, 0.3) is 10.9 Å². The van der Waals surface area contributed by atoms with Gasteiger partial charge in [0.2, 0.25) is 0 Å². The molecule has 1 aromatic heterocycles. The lowest BCUT2D eigenvalue weighted by molar-refractivity contribution is 0.865. The Hall–Kier alpha value is -1.84. The number of rotatable bonds is 3. The highest BCUT2D eigenvalue weighted by atomic mass is 32.2. The van der Waals surface area contributed by atoms with Gasteiger partial charge in [-0.1, -0.05) is 30.3 Å². The SMILES string of the molecule is CSc1ccc(C(N)c2cnc3ccccc3c2)cc1. The number of fused-ring (bicyclic) bond motifs is 1. The van der Waals surface area contributed by atoms with Crippen molar-refractivity contribution in [1.82, 2.24) is 4.98 Å². The standard InChI is InChI=1S/C17H16N2S/c1-20-15-8-6-12(7-9-15)17(18)14-10-13-4-2-3-5-16(13)19-11-14/h2-11,17H,18H2,1H3. The molecular formula is C17H16N2S. The Kier molecular flexibility index (Phi) is 3.72. The second kappa shape index (κ2) is 5.65. The summed E-state index contributed by atoms with van der Waals surface area (Å²) in [5.74, 6) is 0. The first-order valence-corrected chi connectivity index (χ1v) is 7.74. The van der Waals surface area contributed by atoms with E-state index in [1.54, 1.807) is 11.8 Å². The molecule has 0 radical (unpaired) electrons. The summed E-state index contributed by atoms with van der Waals surface area (Å²) in [6, 6.07) is 18.5. The largest absolute Gasteiger partial charge is 0.320 e. The van der Waals surface area contributed by atoms with Gasteiger partial charge in [-0.2, -0.15) is 0 Å². The number of aromatic nitrogens is 1. The Bertz CT molecular complexity index is 722. The van der Waals surface area contributed by atoms with E-state index in [0.29, 0.717) is 0 Å². The molecule has 20 heavy (non-hydrogen) atoms. The third-order valence-electron chi connectivity index (χ3n) is 3.45. The van der Waals surface area contributed by atoms with Crippen LogP contribution in [-0.4, -0.2) is 11.2 Å². The average Bonchev–Trinajstić information content (AvgIpc) is 2.54. The van der Waals surface area contributed by atoms with E-state index in [1.807, 2.05) is 24.4 Å². The molecule has 3 rings (SSSR count). The highest BCUT2D eigenvalue weighted by Crippen LogP contribution is 2.24. The van der Waals surface area contributed by atoms with Gasteiger partial charge in [-0.3, -0.25) is 4.98 Å². The first-order valence-electron chi connectivity index (χ1n) is 6.52. The minimum atomic E-state index is -0.136. The first kappa shape index (κ1) is 13.2. The monoisotopic (exact) mass is 280 g/mol. The van der Waals surface area contributed by atoms with Gasteiger partial charge in [0.15, 0.2) is 0 Å². The van der Waals surface area contributed by atoms with Gasteiger partial charge >= 0.3 is 0 Å². The molecule has 0 fully saturated rings. The van der Waals surface area contributed by atoms with Crippen molar-refractivity contribution in [2.45, 2.75) is 10.9 Å². The predicted molar refractivity (Wildman–Crippen MR) is 86.0 cm³/mol. The number of hydrogen-bond acceptors (Lipinski definition) is 3. The van der Waals surface area contributed by atoms with E-state index >= 15 is 0 Å². The lowest BCUT2D eigenvalue weighted by Crippen LogP contribution is -2.12. The molecule has 3 aromatic rings. The lowest BCUT2D eigenvalue weighted by Gasteiger charge is -2.13. The first-order chi connectivity index (χ1) is 9.78. The zero-order chi connectivity index (χ0) is 13.9. The Labute approximate surface area is 123 Å². The normalized spacial score (nSPS) is 12.5. The molecule has 2 nitrogen and oxygen atoms in total. The van der Waals surface area contributed by atoms with Gasteiger partial charge in [-0.05, 0) is 41.6 Å². The van der Waals surface area contributed by atoms with Crippen molar-refractivity contribution >= 4 is 22.7 Å². The Morgan fingerprint density at radius 1 is 1.00 bits per heavy atom. The van der Waals surface area contributed by atoms with Crippen molar-refractivity contribution in [3.05, 3.63) is 71.9 Å². The number of thioether (sulfide) groups is 1. The molecule has 2 N–H and O–H groups in total. The minimum absolute atomic E-state index is 0.136. The van der Waals surface area contributed by atoms with E-state index in [0.717, 1.165) is 22.0 Å². The maximum Gasteiger partial charge on any atom is 0.0702 e. The predicted octanol–water partition coefficient (Wildman–Crippen LogP) is 4.00. The number of pyridine rings is 1. The van der Waals surface area contributed by atoms with Crippen LogP contribution in [0.3, 0.4) is 0 Å². The molecular weight excluding hydrogens is 264 g/mol. The molecule has 0 aliphatic rings. The van der Waals surface area contributed by atoms with Crippen LogP contribution in [0, 0.1) is 0 Å². The maximum absolute atomic E-state index is 6.35. The molecule has 100 valence electrons. The van der Waals surface area contributed by atoms with Gasteiger partial charge in [0.25, 0.3) is 0 Å². The Morgan fingerprint density at radius 3 is 2.50 bits per heavy atom.